The van der Waals surface area contributed by atoms with Crippen molar-refractivity contribution in [1.29, 1.82) is 0 Å². The van der Waals surface area contributed by atoms with Gasteiger partial charge in [0.05, 0.1) is 19.8 Å². The lowest BCUT2D eigenvalue weighted by molar-refractivity contribution is -0.908. The van der Waals surface area contributed by atoms with Crippen LogP contribution in [0.2, 0.25) is 0 Å². The summed E-state index contributed by atoms with van der Waals surface area (Å²) in [5.74, 6) is -0.0784. The maximum Gasteiger partial charge on any atom is 0.221 e. The predicted molar refractivity (Wildman–Crippen MR) is 96.0 cm³/mol. The van der Waals surface area contributed by atoms with Crippen LogP contribution in [0.15, 0.2) is 24.3 Å². The zero-order valence-electron chi connectivity index (χ0n) is 13.5. The molecule has 6 nitrogen and oxygen atoms in total. The van der Waals surface area contributed by atoms with Crippen molar-refractivity contribution < 1.29 is 14.4 Å². The third-order valence-corrected chi connectivity index (χ3v) is 3.90. The Kier molecular flexibility index (Phi) is 7.25. The summed E-state index contributed by atoms with van der Waals surface area (Å²) < 4.78 is 5.35. The first-order chi connectivity index (χ1) is 11.1. The van der Waals surface area contributed by atoms with Crippen LogP contribution in [0.4, 0.5) is 11.4 Å². The van der Waals surface area contributed by atoms with Gasteiger partial charge in [-0.3, -0.25) is 4.79 Å². The van der Waals surface area contributed by atoms with Gasteiger partial charge in [-0.25, -0.2) is 0 Å². The quantitative estimate of drug-likeness (QED) is 0.442. The highest BCUT2D eigenvalue weighted by Gasteiger charge is 2.12. The number of morpholine rings is 1. The van der Waals surface area contributed by atoms with E-state index in [9.17, 15) is 4.79 Å². The van der Waals surface area contributed by atoms with E-state index in [0.29, 0.717) is 5.11 Å². The fraction of sp³-hybridized carbons (Fsp3) is 0.500. The minimum atomic E-state index is -0.0784. The number of thiocarbonyl (C=S) groups is 1. The molecule has 126 valence electrons. The molecule has 7 heteroatoms. The first-order valence-electron chi connectivity index (χ1n) is 7.97. The number of rotatable bonds is 6. The highest BCUT2D eigenvalue weighted by Crippen LogP contribution is 2.13. The molecule has 1 amide bonds. The second-order valence-corrected chi connectivity index (χ2v) is 6.01. The molecule has 0 aliphatic carbocycles. The van der Waals surface area contributed by atoms with Gasteiger partial charge in [0.15, 0.2) is 5.11 Å². The maximum absolute atomic E-state index is 11.0. The van der Waals surface area contributed by atoms with Gasteiger partial charge in [-0.05, 0) is 36.5 Å². The summed E-state index contributed by atoms with van der Waals surface area (Å²) in [6.07, 6.45) is 1.08. The lowest BCUT2D eigenvalue weighted by atomic mass is 10.3. The van der Waals surface area contributed by atoms with Gasteiger partial charge in [-0.15, -0.1) is 0 Å². The van der Waals surface area contributed by atoms with Crippen LogP contribution in [0.1, 0.15) is 13.3 Å². The Morgan fingerprint density at radius 2 is 1.78 bits per heavy atom. The minimum Gasteiger partial charge on any atom is -0.370 e. The summed E-state index contributed by atoms with van der Waals surface area (Å²) in [6.45, 7) is 7.44. The van der Waals surface area contributed by atoms with Gasteiger partial charge in [0.2, 0.25) is 5.91 Å². The maximum atomic E-state index is 11.0. The van der Waals surface area contributed by atoms with Gasteiger partial charge >= 0.3 is 0 Å². The topological polar surface area (TPSA) is 66.8 Å². The third-order valence-electron chi connectivity index (χ3n) is 3.66. The van der Waals surface area contributed by atoms with Crippen LogP contribution in [-0.4, -0.2) is 50.4 Å². The van der Waals surface area contributed by atoms with Crippen molar-refractivity contribution in [2.45, 2.75) is 13.3 Å². The molecule has 23 heavy (non-hydrogen) atoms. The van der Waals surface area contributed by atoms with E-state index in [1.165, 1.54) is 6.92 Å². The molecule has 0 unspecified atom stereocenters. The van der Waals surface area contributed by atoms with Crippen LogP contribution in [0.25, 0.3) is 0 Å². The molecular weight excluding hydrogens is 312 g/mol. The van der Waals surface area contributed by atoms with Crippen molar-refractivity contribution in [3.63, 3.8) is 0 Å². The Balaban J connectivity index is 1.63. The van der Waals surface area contributed by atoms with Gasteiger partial charge in [-0.2, -0.15) is 0 Å². The molecule has 0 spiro atoms. The van der Waals surface area contributed by atoms with Crippen LogP contribution >= 0.6 is 12.2 Å². The van der Waals surface area contributed by atoms with Crippen molar-refractivity contribution >= 4 is 34.6 Å². The van der Waals surface area contributed by atoms with Crippen molar-refractivity contribution in [3.8, 4) is 0 Å². The molecule has 1 fully saturated rings. The SMILES string of the molecule is CC(=O)Nc1ccc(NC(=S)NCCC[NH+]2CCOCC2)cc1. The van der Waals surface area contributed by atoms with Crippen molar-refractivity contribution in [2.75, 3.05) is 50.0 Å². The molecule has 1 aliphatic heterocycles. The molecule has 0 saturated carbocycles. The predicted octanol–water partition coefficient (Wildman–Crippen LogP) is 0.237. The van der Waals surface area contributed by atoms with E-state index in [4.69, 9.17) is 17.0 Å². The fourth-order valence-electron chi connectivity index (χ4n) is 2.47. The number of carbonyl (C=O) groups is 1. The molecule has 4 N–H and O–H groups in total. The fourth-order valence-corrected chi connectivity index (χ4v) is 2.69. The average Bonchev–Trinajstić information content (AvgIpc) is 2.54. The zero-order chi connectivity index (χ0) is 16.5. The number of hydrogen-bond donors (Lipinski definition) is 4. The Bertz CT molecular complexity index is 515. The van der Waals surface area contributed by atoms with Crippen LogP contribution in [-0.2, 0) is 9.53 Å². The summed E-state index contributed by atoms with van der Waals surface area (Å²) in [7, 11) is 0. The molecule has 1 saturated heterocycles. The standard InChI is InChI=1S/C16H24N4O2S/c1-13(21)18-14-3-5-15(6-4-14)19-16(23)17-7-2-8-20-9-11-22-12-10-20/h3-6H,2,7-12H2,1H3,(H,18,21)(H2,17,19,23)/p+1. The monoisotopic (exact) mass is 337 g/mol. The molecule has 1 aliphatic rings. The van der Waals surface area contributed by atoms with Crippen LogP contribution in [0.3, 0.4) is 0 Å². The molecule has 1 aromatic carbocycles. The van der Waals surface area contributed by atoms with Crippen molar-refractivity contribution in [2.24, 2.45) is 0 Å². The average molecular weight is 337 g/mol. The van der Waals surface area contributed by atoms with E-state index in [1.807, 2.05) is 24.3 Å². The van der Waals surface area contributed by atoms with Gasteiger partial charge in [0.25, 0.3) is 0 Å². The van der Waals surface area contributed by atoms with E-state index in [-0.39, 0.29) is 5.91 Å². The molecule has 0 bridgehead atoms. The Morgan fingerprint density at radius 3 is 2.39 bits per heavy atom. The minimum absolute atomic E-state index is 0.0784. The van der Waals surface area contributed by atoms with Gasteiger partial charge in [-0.1, -0.05) is 0 Å². The number of carbonyl (C=O) groups excluding carboxylic acids is 1. The molecule has 1 aromatic rings. The lowest BCUT2D eigenvalue weighted by Crippen LogP contribution is -3.14. The number of amides is 1. The number of nitrogens with one attached hydrogen (secondary N) is 4. The van der Waals surface area contributed by atoms with E-state index < -0.39 is 0 Å². The Labute approximate surface area is 142 Å². The summed E-state index contributed by atoms with van der Waals surface area (Å²) >= 11 is 5.29. The van der Waals surface area contributed by atoms with Gasteiger partial charge in [0, 0.05) is 31.3 Å². The number of ether oxygens (including phenoxy) is 1. The Hall–Kier alpha value is -1.70. The summed E-state index contributed by atoms with van der Waals surface area (Å²) in [5.41, 5.74) is 1.67. The number of hydrogen-bond acceptors (Lipinski definition) is 3. The number of benzene rings is 1. The molecule has 2 rings (SSSR count). The van der Waals surface area contributed by atoms with Crippen molar-refractivity contribution in [1.82, 2.24) is 5.32 Å². The summed E-state index contributed by atoms with van der Waals surface area (Å²) in [5, 5.41) is 9.72. The van der Waals surface area contributed by atoms with E-state index in [1.54, 1.807) is 4.90 Å². The van der Waals surface area contributed by atoms with Gasteiger partial charge < -0.3 is 25.6 Å². The van der Waals surface area contributed by atoms with Crippen molar-refractivity contribution in [3.05, 3.63) is 24.3 Å². The van der Waals surface area contributed by atoms with Crippen LogP contribution in [0.5, 0.6) is 0 Å². The van der Waals surface area contributed by atoms with E-state index in [2.05, 4.69) is 16.0 Å². The van der Waals surface area contributed by atoms with Crippen LogP contribution < -0.4 is 20.9 Å². The number of anilines is 2. The smallest absolute Gasteiger partial charge is 0.221 e. The summed E-state index contributed by atoms with van der Waals surface area (Å²) in [6, 6.07) is 7.45. The lowest BCUT2D eigenvalue weighted by Gasteiger charge is -2.23. The third kappa shape index (κ3) is 6.94. The molecular formula is C16H25N4O2S+. The normalized spacial score (nSPS) is 15.0. The zero-order valence-corrected chi connectivity index (χ0v) is 14.3. The van der Waals surface area contributed by atoms with E-state index >= 15 is 0 Å². The molecule has 0 aromatic heterocycles. The first-order valence-corrected chi connectivity index (χ1v) is 8.38. The molecule has 0 radical (unpaired) electrons. The second kappa shape index (κ2) is 9.44. The largest absolute Gasteiger partial charge is 0.370 e. The highest BCUT2D eigenvalue weighted by molar-refractivity contribution is 7.80. The van der Waals surface area contributed by atoms with Crippen LogP contribution in [0, 0.1) is 0 Å². The highest BCUT2D eigenvalue weighted by atomic mass is 32.1. The second-order valence-electron chi connectivity index (χ2n) is 5.61. The van der Waals surface area contributed by atoms with E-state index in [0.717, 1.165) is 57.2 Å². The first kappa shape index (κ1) is 17.7. The molecule has 1 heterocycles. The Morgan fingerprint density at radius 1 is 1.17 bits per heavy atom. The molecule has 0 atom stereocenters. The summed E-state index contributed by atoms with van der Waals surface area (Å²) in [4.78, 5) is 12.6. The number of quaternary nitrogens is 1. The van der Waals surface area contributed by atoms with Gasteiger partial charge in [0.1, 0.15) is 13.1 Å².